The van der Waals surface area contributed by atoms with E-state index in [9.17, 15) is 14.7 Å². The third kappa shape index (κ3) is 2.77. The van der Waals surface area contributed by atoms with Gasteiger partial charge in [-0.3, -0.25) is 19.4 Å². The zero-order valence-corrected chi connectivity index (χ0v) is 11.1. The maximum atomic E-state index is 11.7. The van der Waals surface area contributed by atoms with Crippen LogP contribution in [0, 0.1) is 0 Å². The van der Waals surface area contributed by atoms with Crippen LogP contribution in [0.1, 0.15) is 5.56 Å². The Kier molecular flexibility index (Phi) is 3.69. The van der Waals surface area contributed by atoms with Gasteiger partial charge >= 0.3 is 5.69 Å². The van der Waals surface area contributed by atoms with E-state index in [-0.39, 0.29) is 11.6 Å². The Morgan fingerprint density at radius 2 is 1.95 bits per heavy atom. The number of aromatic hydroxyl groups is 1. The minimum Gasteiger partial charge on any atom is -0.508 e. The summed E-state index contributed by atoms with van der Waals surface area (Å²) in [7, 11) is 2.94. The molecule has 0 aliphatic carbocycles. The second-order valence-corrected chi connectivity index (χ2v) is 4.23. The maximum Gasteiger partial charge on any atom is 0.332 e. The molecule has 0 amide bonds. The average molecular weight is 274 g/mol. The molecular weight excluding hydrogens is 260 g/mol. The molecule has 0 saturated carbocycles. The lowest BCUT2D eigenvalue weighted by Gasteiger charge is -2.07. The quantitative estimate of drug-likeness (QED) is 0.619. The molecule has 20 heavy (non-hydrogen) atoms. The second kappa shape index (κ2) is 5.43. The summed E-state index contributed by atoms with van der Waals surface area (Å²) in [5.41, 5.74) is 2.46. The van der Waals surface area contributed by atoms with Crippen LogP contribution in [-0.2, 0) is 14.1 Å². The van der Waals surface area contributed by atoms with Crippen molar-refractivity contribution in [1.82, 2.24) is 9.13 Å². The smallest absolute Gasteiger partial charge is 0.332 e. The van der Waals surface area contributed by atoms with Crippen LogP contribution in [0.4, 0.5) is 5.82 Å². The van der Waals surface area contributed by atoms with E-state index in [1.165, 1.54) is 37.0 Å². The predicted molar refractivity (Wildman–Crippen MR) is 76.2 cm³/mol. The van der Waals surface area contributed by atoms with Crippen LogP contribution in [0.15, 0.2) is 45.0 Å². The number of anilines is 1. The van der Waals surface area contributed by atoms with Gasteiger partial charge in [0, 0.05) is 20.2 Å². The lowest BCUT2D eigenvalue weighted by Crippen LogP contribution is -2.37. The summed E-state index contributed by atoms with van der Waals surface area (Å²) < 4.78 is 2.28. The van der Waals surface area contributed by atoms with Crippen LogP contribution in [0.5, 0.6) is 5.75 Å². The van der Waals surface area contributed by atoms with Crippen LogP contribution in [-0.4, -0.2) is 20.5 Å². The number of hydrogen-bond acceptors (Lipinski definition) is 5. The third-order valence-corrected chi connectivity index (χ3v) is 2.79. The van der Waals surface area contributed by atoms with E-state index >= 15 is 0 Å². The third-order valence-electron chi connectivity index (χ3n) is 2.79. The van der Waals surface area contributed by atoms with Gasteiger partial charge in [0.25, 0.3) is 5.56 Å². The van der Waals surface area contributed by atoms with Crippen molar-refractivity contribution in [1.29, 1.82) is 0 Å². The molecule has 0 unspecified atom stereocenters. The van der Waals surface area contributed by atoms with Gasteiger partial charge < -0.3 is 5.11 Å². The number of hydrazone groups is 1. The number of nitrogens with one attached hydrogen (secondary N) is 1. The summed E-state index contributed by atoms with van der Waals surface area (Å²) in [5, 5.41) is 13.2. The molecule has 0 radical (unpaired) electrons. The normalized spacial score (nSPS) is 10.9. The summed E-state index contributed by atoms with van der Waals surface area (Å²) in [5.74, 6) is 0.421. The number of rotatable bonds is 3. The Balaban J connectivity index is 2.24. The summed E-state index contributed by atoms with van der Waals surface area (Å²) in [6.45, 7) is 0. The van der Waals surface area contributed by atoms with Gasteiger partial charge in [0.15, 0.2) is 0 Å². The van der Waals surface area contributed by atoms with Crippen molar-refractivity contribution in [3.8, 4) is 5.75 Å². The van der Waals surface area contributed by atoms with Crippen LogP contribution in [0.2, 0.25) is 0 Å². The zero-order valence-electron chi connectivity index (χ0n) is 11.1. The van der Waals surface area contributed by atoms with Crippen LogP contribution < -0.4 is 16.7 Å². The fourth-order valence-electron chi connectivity index (χ4n) is 1.62. The number of nitrogens with zero attached hydrogens (tertiary/aromatic N) is 3. The molecule has 0 saturated heterocycles. The first-order valence-corrected chi connectivity index (χ1v) is 5.84. The Hall–Kier alpha value is -2.83. The minimum absolute atomic E-state index is 0.134. The molecule has 2 aromatic rings. The largest absolute Gasteiger partial charge is 0.508 e. The minimum atomic E-state index is -0.437. The van der Waals surface area contributed by atoms with Crippen molar-refractivity contribution in [2.45, 2.75) is 0 Å². The van der Waals surface area contributed by atoms with Crippen LogP contribution in [0.25, 0.3) is 0 Å². The maximum absolute atomic E-state index is 11.7. The predicted octanol–water partition coefficient (Wildman–Crippen LogP) is 0.236. The fourth-order valence-corrected chi connectivity index (χ4v) is 1.62. The topological polar surface area (TPSA) is 88.6 Å². The first kappa shape index (κ1) is 13.6. The average Bonchev–Trinajstić information content (AvgIpc) is 2.42. The van der Waals surface area contributed by atoms with Crippen molar-refractivity contribution in [3.05, 3.63) is 56.7 Å². The van der Waals surface area contributed by atoms with Crippen molar-refractivity contribution in [2.75, 3.05) is 5.43 Å². The molecular formula is C13H14N4O3. The highest BCUT2D eigenvalue weighted by atomic mass is 16.3. The lowest BCUT2D eigenvalue weighted by molar-refractivity contribution is 0.475. The molecule has 2 rings (SSSR count). The van der Waals surface area contributed by atoms with Crippen LogP contribution >= 0.6 is 0 Å². The highest BCUT2D eigenvalue weighted by Gasteiger charge is 2.04. The van der Waals surface area contributed by atoms with E-state index < -0.39 is 11.2 Å². The SMILES string of the molecule is Cn1c(N/N=C\c2cccc(O)c2)cc(=O)n(C)c1=O. The molecule has 0 bridgehead atoms. The molecule has 1 aromatic carbocycles. The standard InChI is InChI=1S/C13H14N4O3/c1-16-11(7-12(19)17(2)13(16)20)15-14-8-9-4-3-5-10(18)6-9/h3-8,15,18H,1-2H3/b14-8-. The molecule has 1 heterocycles. The number of hydrogen-bond donors (Lipinski definition) is 2. The molecule has 0 aliphatic heterocycles. The summed E-state index contributed by atoms with van der Waals surface area (Å²) in [6.07, 6.45) is 1.47. The highest BCUT2D eigenvalue weighted by Crippen LogP contribution is 2.09. The van der Waals surface area contributed by atoms with Gasteiger partial charge in [0.05, 0.1) is 6.21 Å². The van der Waals surface area contributed by atoms with E-state index in [1.54, 1.807) is 18.2 Å². The Bertz CT molecular complexity index is 774. The van der Waals surface area contributed by atoms with Gasteiger partial charge in [-0.15, -0.1) is 0 Å². The van der Waals surface area contributed by atoms with Gasteiger partial charge in [0.2, 0.25) is 0 Å². The molecule has 0 fully saturated rings. The van der Waals surface area contributed by atoms with E-state index in [2.05, 4.69) is 10.5 Å². The van der Waals surface area contributed by atoms with Crippen molar-refractivity contribution in [2.24, 2.45) is 19.2 Å². The highest BCUT2D eigenvalue weighted by molar-refractivity contribution is 5.80. The van der Waals surface area contributed by atoms with E-state index in [0.717, 1.165) is 4.57 Å². The number of phenolic OH excluding ortho intramolecular Hbond substituents is 1. The summed E-state index contributed by atoms with van der Waals surface area (Å²) >= 11 is 0. The molecule has 7 nitrogen and oxygen atoms in total. The fraction of sp³-hybridized carbons (Fsp3) is 0.154. The molecule has 0 spiro atoms. The Morgan fingerprint density at radius 3 is 2.65 bits per heavy atom. The summed E-state index contributed by atoms with van der Waals surface area (Å²) in [6, 6.07) is 7.81. The van der Waals surface area contributed by atoms with Crippen molar-refractivity contribution in [3.63, 3.8) is 0 Å². The first-order chi connectivity index (χ1) is 9.49. The Labute approximate surface area is 114 Å². The second-order valence-electron chi connectivity index (χ2n) is 4.23. The number of benzene rings is 1. The first-order valence-electron chi connectivity index (χ1n) is 5.84. The summed E-state index contributed by atoms with van der Waals surface area (Å²) in [4.78, 5) is 23.2. The van der Waals surface area contributed by atoms with E-state index in [1.807, 2.05) is 0 Å². The van der Waals surface area contributed by atoms with Gasteiger partial charge in [-0.05, 0) is 17.7 Å². The number of aromatic nitrogens is 2. The van der Waals surface area contributed by atoms with Crippen molar-refractivity contribution < 1.29 is 5.11 Å². The Morgan fingerprint density at radius 1 is 1.20 bits per heavy atom. The molecule has 7 heteroatoms. The van der Waals surface area contributed by atoms with Gasteiger partial charge in [-0.2, -0.15) is 5.10 Å². The van der Waals surface area contributed by atoms with E-state index in [4.69, 9.17) is 0 Å². The molecule has 0 aliphatic rings. The van der Waals surface area contributed by atoms with Crippen LogP contribution in [0.3, 0.4) is 0 Å². The van der Waals surface area contributed by atoms with Gasteiger partial charge in [0.1, 0.15) is 11.6 Å². The van der Waals surface area contributed by atoms with E-state index in [0.29, 0.717) is 5.56 Å². The van der Waals surface area contributed by atoms with Crippen molar-refractivity contribution >= 4 is 12.0 Å². The monoisotopic (exact) mass is 274 g/mol. The molecule has 2 N–H and O–H groups in total. The zero-order chi connectivity index (χ0) is 14.7. The number of phenols is 1. The molecule has 1 aromatic heterocycles. The van der Waals surface area contributed by atoms with Gasteiger partial charge in [-0.25, -0.2) is 4.79 Å². The lowest BCUT2D eigenvalue weighted by atomic mass is 10.2. The van der Waals surface area contributed by atoms with Gasteiger partial charge in [-0.1, -0.05) is 12.1 Å². The molecule has 0 atom stereocenters. The molecule has 104 valence electrons.